The highest BCUT2D eigenvalue weighted by Crippen LogP contribution is 2.33. The number of rotatable bonds is 4. The average molecular weight is 393 g/mol. The molecule has 148 valence electrons. The monoisotopic (exact) mass is 392 g/mol. The Bertz CT molecular complexity index is 667. The van der Waals surface area contributed by atoms with Gasteiger partial charge in [-0.2, -0.15) is 0 Å². The first-order valence-corrected chi connectivity index (χ1v) is 10.7. The Morgan fingerprint density at radius 3 is 2.52 bits per heavy atom. The van der Waals surface area contributed by atoms with Gasteiger partial charge in [0.1, 0.15) is 5.54 Å². The largest absolute Gasteiger partial charge is 0.339 e. The van der Waals surface area contributed by atoms with Crippen LogP contribution in [0.3, 0.4) is 0 Å². The molecule has 1 aromatic heterocycles. The average Bonchev–Trinajstić information content (AvgIpc) is 3.40. The van der Waals surface area contributed by atoms with E-state index in [0.717, 1.165) is 39.3 Å². The molecule has 9 heteroatoms. The maximum atomic E-state index is 13.4. The van der Waals surface area contributed by atoms with Crippen LogP contribution in [0.25, 0.3) is 0 Å². The molecule has 3 aliphatic rings. The van der Waals surface area contributed by atoms with Crippen molar-refractivity contribution in [2.45, 2.75) is 31.2 Å². The van der Waals surface area contributed by atoms with Crippen LogP contribution in [0.15, 0.2) is 5.38 Å². The second-order valence-corrected chi connectivity index (χ2v) is 8.49. The van der Waals surface area contributed by atoms with Gasteiger partial charge in [0.25, 0.3) is 5.91 Å². The van der Waals surface area contributed by atoms with E-state index in [9.17, 15) is 9.59 Å². The van der Waals surface area contributed by atoms with Gasteiger partial charge in [-0.05, 0) is 57.4 Å². The van der Waals surface area contributed by atoms with Crippen molar-refractivity contribution in [3.8, 4) is 0 Å². The van der Waals surface area contributed by atoms with Crippen molar-refractivity contribution in [3.63, 3.8) is 0 Å². The summed E-state index contributed by atoms with van der Waals surface area (Å²) in [5.41, 5.74) is -0.0492. The highest BCUT2D eigenvalue weighted by atomic mass is 32.1. The van der Waals surface area contributed by atoms with E-state index < -0.39 is 5.54 Å². The highest BCUT2D eigenvalue weighted by molar-refractivity contribution is 7.03. The van der Waals surface area contributed by atoms with Crippen molar-refractivity contribution in [3.05, 3.63) is 11.1 Å². The number of amides is 2. The van der Waals surface area contributed by atoms with Gasteiger partial charge in [0.2, 0.25) is 5.91 Å². The van der Waals surface area contributed by atoms with Crippen molar-refractivity contribution >= 4 is 23.3 Å². The summed E-state index contributed by atoms with van der Waals surface area (Å²) in [5.74, 6) is 0.174. The normalized spacial score (nSPS) is 24.1. The Morgan fingerprint density at radius 2 is 1.85 bits per heavy atom. The molecule has 0 aromatic carbocycles. The lowest BCUT2D eigenvalue weighted by molar-refractivity contribution is -0.154. The number of nitrogens with zero attached hydrogens (tertiary/aromatic N) is 6. The predicted molar refractivity (Wildman–Crippen MR) is 103 cm³/mol. The minimum atomic E-state index is -0.458. The lowest BCUT2D eigenvalue weighted by Crippen LogP contribution is -2.68. The number of aromatic nitrogens is 2. The molecular weight excluding hydrogens is 364 g/mol. The summed E-state index contributed by atoms with van der Waals surface area (Å²) < 4.78 is 3.78. The summed E-state index contributed by atoms with van der Waals surface area (Å²) in [5, 5.41) is 5.57. The van der Waals surface area contributed by atoms with Crippen molar-refractivity contribution < 1.29 is 9.59 Å². The van der Waals surface area contributed by atoms with E-state index in [1.165, 1.54) is 24.4 Å². The molecular formula is C18H28N6O2S. The molecule has 4 rings (SSSR count). The van der Waals surface area contributed by atoms with Gasteiger partial charge < -0.3 is 14.7 Å². The number of piperidine rings is 1. The molecule has 2 amide bonds. The molecule has 0 N–H and O–H groups in total. The minimum absolute atomic E-state index is 0.0737. The number of likely N-dealkylation sites (N-methyl/N-ethyl adjacent to an activating group) is 1. The Kier molecular flexibility index (Phi) is 5.43. The Morgan fingerprint density at radius 1 is 1.11 bits per heavy atom. The number of carbonyl (C=O) groups is 2. The van der Waals surface area contributed by atoms with E-state index in [0.29, 0.717) is 31.6 Å². The van der Waals surface area contributed by atoms with E-state index in [1.54, 1.807) is 5.38 Å². The minimum Gasteiger partial charge on any atom is -0.339 e. The SMILES string of the molecule is CN1CCN(CCN2CCCC2)C(=O)C12CCN(C(=O)c1csnn1)CC2. The van der Waals surface area contributed by atoms with Crippen LogP contribution in [0.4, 0.5) is 0 Å². The maximum Gasteiger partial charge on any atom is 0.275 e. The molecule has 0 aliphatic carbocycles. The zero-order chi connectivity index (χ0) is 18.9. The van der Waals surface area contributed by atoms with Crippen LogP contribution in [-0.4, -0.2) is 106 Å². The molecule has 3 aliphatic heterocycles. The van der Waals surface area contributed by atoms with Gasteiger partial charge >= 0.3 is 0 Å². The topological polar surface area (TPSA) is 72.9 Å². The molecule has 1 spiro atoms. The van der Waals surface area contributed by atoms with Crippen LogP contribution in [0.1, 0.15) is 36.2 Å². The van der Waals surface area contributed by atoms with Crippen molar-refractivity contribution in [1.29, 1.82) is 0 Å². The molecule has 0 saturated carbocycles. The fraction of sp³-hybridized carbons (Fsp3) is 0.778. The van der Waals surface area contributed by atoms with E-state index in [-0.39, 0.29) is 11.8 Å². The smallest absolute Gasteiger partial charge is 0.275 e. The molecule has 4 heterocycles. The van der Waals surface area contributed by atoms with Crippen LogP contribution < -0.4 is 0 Å². The third-order valence-electron chi connectivity index (χ3n) is 6.46. The second kappa shape index (κ2) is 7.81. The molecule has 3 saturated heterocycles. The number of likely N-dealkylation sites (tertiary alicyclic amines) is 2. The first-order chi connectivity index (χ1) is 13.1. The van der Waals surface area contributed by atoms with Crippen molar-refractivity contribution in [2.24, 2.45) is 0 Å². The van der Waals surface area contributed by atoms with Gasteiger partial charge in [0.05, 0.1) is 0 Å². The van der Waals surface area contributed by atoms with Crippen LogP contribution >= 0.6 is 11.5 Å². The molecule has 0 unspecified atom stereocenters. The van der Waals surface area contributed by atoms with Crippen LogP contribution in [0.5, 0.6) is 0 Å². The summed E-state index contributed by atoms with van der Waals surface area (Å²) >= 11 is 1.19. The molecule has 0 radical (unpaired) electrons. The lowest BCUT2D eigenvalue weighted by Gasteiger charge is -2.51. The summed E-state index contributed by atoms with van der Waals surface area (Å²) in [6, 6.07) is 0. The van der Waals surface area contributed by atoms with Crippen LogP contribution in [0.2, 0.25) is 0 Å². The van der Waals surface area contributed by atoms with E-state index in [2.05, 4.69) is 31.3 Å². The van der Waals surface area contributed by atoms with Gasteiger partial charge in [-0.15, -0.1) is 5.10 Å². The fourth-order valence-electron chi connectivity index (χ4n) is 4.62. The first kappa shape index (κ1) is 18.8. The summed E-state index contributed by atoms with van der Waals surface area (Å²) in [7, 11) is 2.05. The Balaban J connectivity index is 1.39. The van der Waals surface area contributed by atoms with Crippen molar-refractivity contribution in [1.82, 2.24) is 29.2 Å². The first-order valence-electron chi connectivity index (χ1n) is 9.89. The number of hydrogen-bond donors (Lipinski definition) is 0. The predicted octanol–water partition coefficient (Wildman–Crippen LogP) is 0.383. The summed E-state index contributed by atoms with van der Waals surface area (Å²) in [4.78, 5) is 34.4. The summed E-state index contributed by atoms with van der Waals surface area (Å²) in [6.07, 6.45) is 3.93. The maximum absolute atomic E-state index is 13.4. The lowest BCUT2D eigenvalue weighted by atomic mass is 9.82. The van der Waals surface area contributed by atoms with E-state index in [4.69, 9.17) is 0 Å². The standard InChI is InChI=1S/C18H28N6O2S/c1-21-10-12-24(13-11-22-6-2-3-7-22)17(26)18(21)4-8-23(9-5-18)16(25)15-14-27-20-19-15/h14H,2-13H2,1H3. The zero-order valence-corrected chi connectivity index (χ0v) is 16.8. The number of hydrogen-bond acceptors (Lipinski definition) is 7. The fourth-order valence-corrected chi connectivity index (χ4v) is 5.05. The van der Waals surface area contributed by atoms with Gasteiger partial charge in [0, 0.05) is 44.6 Å². The van der Waals surface area contributed by atoms with Crippen LogP contribution in [-0.2, 0) is 4.79 Å². The molecule has 0 bridgehead atoms. The zero-order valence-electron chi connectivity index (χ0n) is 16.0. The molecule has 1 aromatic rings. The van der Waals surface area contributed by atoms with Gasteiger partial charge in [-0.1, -0.05) is 4.49 Å². The quantitative estimate of drug-likeness (QED) is 0.738. The second-order valence-electron chi connectivity index (χ2n) is 7.88. The Hall–Kier alpha value is -1.58. The van der Waals surface area contributed by atoms with Crippen LogP contribution in [0, 0.1) is 0 Å². The van der Waals surface area contributed by atoms with Gasteiger partial charge in [-0.3, -0.25) is 14.5 Å². The van der Waals surface area contributed by atoms with Gasteiger partial charge in [-0.25, -0.2) is 0 Å². The highest BCUT2D eigenvalue weighted by Gasteiger charge is 2.49. The molecule has 27 heavy (non-hydrogen) atoms. The number of piperazine rings is 1. The third kappa shape index (κ3) is 3.60. The van der Waals surface area contributed by atoms with E-state index in [1.807, 2.05) is 4.90 Å². The Labute approximate surface area is 164 Å². The molecule has 0 atom stereocenters. The third-order valence-corrected chi connectivity index (χ3v) is 6.97. The number of carbonyl (C=O) groups excluding carboxylic acids is 2. The summed E-state index contributed by atoms with van der Waals surface area (Å²) in [6.45, 7) is 7.01. The van der Waals surface area contributed by atoms with Gasteiger partial charge in [0.15, 0.2) is 5.69 Å². The molecule has 3 fully saturated rings. The molecule has 8 nitrogen and oxygen atoms in total. The van der Waals surface area contributed by atoms with Crippen molar-refractivity contribution in [2.75, 3.05) is 59.4 Å². The van der Waals surface area contributed by atoms with E-state index >= 15 is 0 Å².